The van der Waals surface area contributed by atoms with Gasteiger partial charge < -0.3 is 14.4 Å². The van der Waals surface area contributed by atoms with Crippen LogP contribution in [0.25, 0.3) is 11.1 Å². The van der Waals surface area contributed by atoms with Crippen LogP contribution >= 0.6 is 46.4 Å². The quantitative estimate of drug-likeness (QED) is 0.508. The SMILES string of the molecule is CCC(Oc1cc(-c2c(Cl)c(C(F)(F)Cl)n(C)c2Cl)c(F)cc1Cl)C(=O)O. The van der Waals surface area contributed by atoms with Gasteiger partial charge in [0.2, 0.25) is 0 Å². The number of benzene rings is 1. The van der Waals surface area contributed by atoms with Gasteiger partial charge in [-0.3, -0.25) is 0 Å². The summed E-state index contributed by atoms with van der Waals surface area (Å²) < 4.78 is 47.9. The number of carbonyl (C=O) groups is 1. The minimum absolute atomic E-state index is 0.105. The molecule has 11 heteroatoms. The molecule has 0 radical (unpaired) electrons. The molecule has 0 amide bonds. The molecule has 0 bridgehead atoms. The van der Waals surface area contributed by atoms with Gasteiger partial charge in [-0.05, 0) is 30.2 Å². The fourth-order valence-corrected chi connectivity index (χ4v) is 3.67. The van der Waals surface area contributed by atoms with Crippen LogP contribution in [-0.2, 0) is 17.2 Å². The van der Waals surface area contributed by atoms with E-state index in [1.54, 1.807) is 6.92 Å². The summed E-state index contributed by atoms with van der Waals surface area (Å²) in [5.41, 5.74) is -1.37. The number of halogens is 7. The van der Waals surface area contributed by atoms with E-state index in [4.69, 9.17) is 56.2 Å². The molecule has 2 rings (SSSR count). The molecule has 0 spiro atoms. The Labute approximate surface area is 172 Å². The van der Waals surface area contributed by atoms with Crippen LogP contribution < -0.4 is 4.74 Å². The van der Waals surface area contributed by atoms with Gasteiger partial charge in [-0.1, -0.05) is 41.7 Å². The van der Waals surface area contributed by atoms with E-state index in [2.05, 4.69) is 0 Å². The Balaban J connectivity index is 2.67. The Hall–Kier alpha value is -1.28. The van der Waals surface area contributed by atoms with Crippen molar-refractivity contribution in [1.82, 2.24) is 4.57 Å². The van der Waals surface area contributed by atoms with Crippen molar-refractivity contribution in [2.24, 2.45) is 7.05 Å². The second-order valence-corrected chi connectivity index (χ2v) is 7.12. The Morgan fingerprint density at radius 1 is 1.33 bits per heavy atom. The molecule has 1 aromatic carbocycles. The number of ether oxygens (including phenoxy) is 1. The fraction of sp³-hybridized carbons (Fsp3) is 0.312. The van der Waals surface area contributed by atoms with Gasteiger partial charge in [0.05, 0.1) is 10.0 Å². The van der Waals surface area contributed by atoms with Crippen molar-refractivity contribution in [2.75, 3.05) is 0 Å². The highest BCUT2D eigenvalue weighted by Gasteiger charge is 2.38. The summed E-state index contributed by atoms with van der Waals surface area (Å²) in [6, 6.07) is 1.89. The highest BCUT2D eigenvalue weighted by molar-refractivity contribution is 6.40. The van der Waals surface area contributed by atoms with Crippen molar-refractivity contribution >= 4 is 52.4 Å². The van der Waals surface area contributed by atoms with Crippen LogP contribution in [0.3, 0.4) is 0 Å². The van der Waals surface area contributed by atoms with Crippen molar-refractivity contribution in [3.05, 3.63) is 38.8 Å². The molecule has 4 nitrogen and oxygen atoms in total. The number of rotatable bonds is 6. The molecule has 0 fully saturated rings. The van der Waals surface area contributed by atoms with Crippen LogP contribution in [0, 0.1) is 5.82 Å². The van der Waals surface area contributed by atoms with Crippen molar-refractivity contribution in [1.29, 1.82) is 0 Å². The summed E-state index contributed by atoms with van der Waals surface area (Å²) in [4.78, 5) is 11.1. The third kappa shape index (κ3) is 4.26. The molecule has 1 heterocycles. The second-order valence-electron chi connectivity index (χ2n) is 5.50. The zero-order valence-corrected chi connectivity index (χ0v) is 16.8. The first kappa shape index (κ1) is 22.0. The van der Waals surface area contributed by atoms with Crippen molar-refractivity contribution in [2.45, 2.75) is 24.8 Å². The predicted octanol–water partition coefficient (Wildman–Crippen LogP) is 6.32. The maximum atomic E-state index is 14.5. The first-order chi connectivity index (χ1) is 12.4. The predicted molar refractivity (Wildman–Crippen MR) is 97.9 cm³/mol. The third-order valence-corrected chi connectivity index (χ3v) is 5.02. The van der Waals surface area contributed by atoms with Crippen LogP contribution in [0.1, 0.15) is 19.0 Å². The van der Waals surface area contributed by atoms with Gasteiger partial charge in [-0.15, -0.1) is 0 Å². The van der Waals surface area contributed by atoms with Gasteiger partial charge in [0.15, 0.2) is 6.10 Å². The number of carboxylic acid groups (broad SMARTS) is 1. The number of alkyl halides is 3. The van der Waals surface area contributed by atoms with E-state index in [-0.39, 0.29) is 33.5 Å². The first-order valence-corrected chi connectivity index (χ1v) is 8.91. The van der Waals surface area contributed by atoms with E-state index >= 15 is 0 Å². The molecule has 2 aromatic rings. The molecule has 0 aliphatic carbocycles. The van der Waals surface area contributed by atoms with Crippen LogP contribution in [0.5, 0.6) is 5.75 Å². The normalized spacial score (nSPS) is 12.9. The standard InChI is InChI=1S/C16H12Cl4F3NO3/c1-3-9(15(25)26)27-10-4-6(8(21)5-7(10)17)11-12(18)13(16(20,22)23)24(2)14(11)19/h4-5,9H,3H2,1-2H3,(H,25,26). The largest absolute Gasteiger partial charge is 0.479 e. The fourth-order valence-electron chi connectivity index (χ4n) is 2.44. The zero-order valence-electron chi connectivity index (χ0n) is 13.8. The topological polar surface area (TPSA) is 51.5 Å². The number of aliphatic carboxylic acids is 1. The molecular weight excluding hydrogens is 453 g/mol. The average Bonchev–Trinajstić information content (AvgIpc) is 2.76. The van der Waals surface area contributed by atoms with Gasteiger partial charge in [0.25, 0.3) is 0 Å². The highest BCUT2D eigenvalue weighted by Crippen LogP contribution is 2.48. The Bertz CT molecular complexity index is 896. The summed E-state index contributed by atoms with van der Waals surface area (Å²) >= 11 is 23.0. The molecule has 0 saturated carbocycles. The highest BCUT2D eigenvalue weighted by atomic mass is 35.5. The van der Waals surface area contributed by atoms with E-state index in [9.17, 15) is 18.0 Å². The third-order valence-electron chi connectivity index (χ3n) is 3.74. The Morgan fingerprint density at radius 3 is 2.37 bits per heavy atom. The summed E-state index contributed by atoms with van der Waals surface area (Å²) in [7, 11) is 1.19. The van der Waals surface area contributed by atoms with Crippen LogP contribution in [0.2, 0.25) is 15.2 Å². The van der Waals surface area contributed by atoms with Gasteiger partial charge in [0, 0.05) is 18.2 Å². The van der Waals surface area contributed by atoms with Crippen molar-refractivity contribution < 1.29 is 27.8 Å². The lowest BCUT2D eigenvalue weighted by molar-refractivity contribution is -0.145. The first-order valence-electron chi connectivity index (χ1n) is 7.39. The van der Waals surface area contributed by atoms with Crippen LogP contribution in [0.4, 0.5) is 13.2 Å². The number of hydrogen-bond donors (Lipinski definition) is 1. The van der Waals surface area contributed by atoms with Gasteiger partial charge in [0.1, 0.15) is 22.4 Å². The average molecular weight is 465 g/mol. The molecule has 1 N–H and O–H groups in total. The molecular formula is C16H12Cl4F3NO3. The monoisotopic (exact) mass is 463 g/mol. The molecule has 0 aliphatic heterocycles. The summed E-state index contributed by atoms with van der Waals surface area (Å²) in [5.74, 6) is -2.34. The van der Waals surface area contributed by atoms with E-state index in [0.29, 0.717) is 0 Å². The Morgan fingerprint density at radius 2 is 1.93 bits per heavy atom. The molecule has 1 unspecified atom stereocenters. The van der Waals surface area contributed by atoms with Crippen LogP contribution in [-0.4, -0.2) is 21.7 Å². The smallest absolute Gasteiger partial charge is 0.364 e. The number of hydrogen-bond acceptors (Lipinski definition) is 2. The maximum absolute atomic E-state index is 14.5. The Kier molecular flexibility index (Phi) is 6.52. The molecule has 1 aromatic heterocycles. The minimum atomic E-state index is -3.85. The molecule has 0 aliphatic rings. The minimum Gasteiger partial charge on any atom is -0.479 e. The van der Waals surface area contributed by atoms with E-state index in [1.165, 1.54) is 7.05 Å². The lowest BCUT2D eigenvalue weighted by Crippen LogP contribution is -2.26. The van der Waals surface area contributed by atoms with Gasteiger partial charge in [-0.25, -0.2) is 9.18 Å². The van der Waals surface area contributed by atoms with Crippen LogP contribution in [0.15, 0.2) is 12.1 Å². The molecule has 0 saturated heterocycles. The van der Waals surface area contributed by atoms with Crippen molar-refractivity contribution in [3.8, 4) is 16.9 Å². The van der Waals surface area contributed by atoms with Crippen molar-refractivity contribution in [3.63, 3.8) is 0 Å². The molecule has 148 valence electrons. The summed E-state index contributed by atoms with van der Waals surface area (Å²) in [5, 5.41) is 4.18. The number of aromatic nitrogens is 1. The summed E-state index contributed by atoms with van der Waals surface area (Å²) in [6.45, 7) is 1.57. The van der Waals surface area contributed by atoms with Gasteiger partial charge in [-0.2, -0.15) is 8.78 Å². The zero-order chi connectivity index (χ0) is 20.7. The maximum Gasteiger partial charge on any atom is 0.364 e. The molecule has 27 heavy (non-hydrogen) atoms. The van der Waals surface area contributed by atoms with E-state index in [0.717, 1.165) is 16.7 Å². The number of carboxylic acids is 1. The van der Waals surface area contributed by atoms with Gasteiger partial charge >= 0.3 is 11.4 Å². The second kappa shape index (κ2) is 7.99. The molecule has 1 atom stereocenters. The lowest BCUT2D eigenvalue weighted by atomic mass is 10.1. The summed E-state index contributed by atoms with van der Waals surface area (Å²) in [6.07, 6.45) is -1.14. The van der Waals surface area contributed by atoms with E-state index < -0.39 is 34.0 Å². The lowest BCUT2D eigenvalue weighted by Gasteiger charge is -2.16. The number of nitrogens with zero attached hydrogens (tertiary/aromatic N) is 1. The van der Waals surface area contributed by atoms with E-state index in [1.807, 2.05) is 0 Å².